The Morgan fingerprint density at radius 3 is 1.15 bits per heavy atom. The summed E-state index contributed by atoms with van der Waals surface area (Å²) in [5, 5.41) is 63.8. The lowest BCUT2D eigenvalue weighted by atomic mass is 9.79. The van der Waals surface area contributed by atoms with E-state index in [1.54, 1.807) is 24.3 Å². The van der Waals surface area contributed by atoms with Gasteiger partial charge in [0, 0.05) is 94.3 Å². The number of carbonyl (C=O) groups is 2. The predicted octanol–water partition coefficient (Wildman–Crippen LogP) is 32.7. The largest absolute Gasteiger partial charge is 0.495 e. The van der Waals surface area contributed by atoms with E-state index in [0.29, 0.717) is 16.7 Å². The van der Waals surface area contributed by atoms with E-state index < -0.39 is 17.3 Å². The Morgan fingerprint density at radius 1 is 0.313 bits per heavy atom. The fraction of sp³-hybridized carbons (Fsp3) is 0. The molecule has 0 unspecified atom stereocenters. The topological polar surface area (TPSA) is 212 Å². The molecule has 5 N–H and O–H groups in total. The average molecular weight is 2160 g/mol. The first-order valence-electron chi connectivity index (χ1n) is 42.1. The zero-order valence-electron chi connectivity index (χ0n) is 70.9. The molecular weight excluding hydrogens is 2080 g/mol. The van der Waals surface area contributed by atoms with E-state index in [2.05, 4.69) is 283 Å². The zero-order chi connectivity index (χ0) is 93.5. The monoisotopic (exact) mass is 2150 g/mol. The van der Waals surface area contributed by atoms with Crippen LogP contribution < -0.4 is 16.5 Å². The van der Waals surface area contributed by atoms with Crippen molar-refractivity contribution in [3.63, 3.8) is 0 Å². The molecule has 134 heavy (non-hydrogen) atoms. The van der Waals surface area contributed by atoms with Gasteiger partial charge in [0.15, 0.2) is 0 Å². The number of anilines is 2. The van der Waals surface area contributed by atoms with Crippen molar-refractivity contribution >= 4 is 262 Å². The molecule has 21 heteroatoms. The van der Waals surface area contributed by atoms with Crippen LogP contribution in [0.15, 0.2) is 451 Å². The fourth-order valence-electron chi connectivity index (χ4n) is 16.2. The van der Waals surface area contributed by atoms with Gasteiger partial charge < -0.3 is 21.1 Å². The molecule has 0 aliphatic heterocycles. The summed E-state index contributed by atoms with van der Waals surface area (Å²) >= 11 is 26.9. The maximum absolute atomic E-state index is 13.0. The lowest BCUT2D eigenvalue weighted by Crippen LogP contribution is -2.31. The molecule has 0 saturated carbocycles. The van der Waals surface area contributed by atoms with Crippen LogP contribution >= 0.6 is 107 Å². The number of nitrogen functional groups attached to an aromatic ring is 1. The molecule has 1 amide bonds. The summed E-state index contributed by atoms with van der Waals surface area (Å²) in [6, 6.07) is 139. The molecule has 1 heterocycles. The van der Waals surface area contributed by atoms with Crippen LogP contribution in [0.5, 0.6) is 0 Å². The number of halogens is 7. The maximum atomic E-state index is 13.0. The van der Waals surface area contributed by atoms with Crippen molar-refractivity contribution in [1.29, 1.82) is 0 Å². The Morgan fingerprint density at radius 2 is 0.657 bits per heavy atom. The van der Waals surface area contributed by atoms with Gasteiger partial charge in [-0.2, -0.15) is 0 Å². The number of fused-ring (bicyclic) bond motifs is 12. The molecule has 652 valence electrons. The van der Waals surface area contributed by atoms with Gasteiger partial charge in [-0.15, -0.1) is 0 Å². The first kappa shape index (κ1) is 93.5. The molecule has 1 aromatic heterocycles. The van der Waals surface area contributed by atoms with Gasteiger partial charge in [0.25, 0.3) is 22.5 Å². The quantitative estimate of drug-likeness (QED) is 0.0254. The highest BCUT2D eigenvalue weighted by molar-refractivity contribution is 9.11. The summed E-state index contributed by atoms with van der Waals surface area (Å²) in [6.07, 6.45) is 0. The van der Waals surface area contributed by atoms with Gasteiger partial charge in [-0.25, -0.2) is 4.98 Å². The van der Waals surface area contributed by atoms with Crippen molar-refractivity contribution < 1.29 is 29.5 Å². The molecule has 0 radical (unpaired) electrons. The van der Waals surface area contributed by atoms with Crippen LogP contribution in [0.1, 0.15) is 20.7 Å². The number of pyridine rings is 1. The summed E-state index contributed by atoms with van der Waals surface area (Å²) in [7, 11) is -1.80. The number of benzene rings is 21. The summed E-state index contributed by atoms with van der Waals surface area (Å²) in [5.74, 6) is -0.116. The highest BCUT2D eigenvalue weighted by Crippen LogP contribution is 2.43. The van der Waals surface area contributed by atoms with Crippen molar-refractivity contribution in [3.8, 4) is 44.6 Å². The summed E-state index contributed by atoms with van der Waals surface area (Å²) in [4.78, 5) is 49.5. The number of amides is 1. The SMILES string of the molecule is Brc1cccc2c(Br)cccc12.Brc1cccc2c1ccc1c(-c3ccc4ccccc4c3)nc3ccccc3c12.Nc1ccccc1-c1cccc2c(Br)cccc12.O=C(Cl)c1ccc2ccccc2c1.O=C(Nc1ccccc1-c1cccc2c(Br)cccc12)c1ccc2ccccc2c1.O=[N+]([O-])c1ccccc1-c1cccc2c(Br)cccc12.O=[N+]([O-])c1ccccc1B(O)O. The minimum absolute atomic E-state index is 0.0949. The third-order valence-electron chi connectivity index (χ3n) is 22.6. The minimum atomic E-state index is -1.80. The van der Waals surface area contributed by atoms with E-state index in [1.807, 2.05) is 188 Å². The van der Waals surface area contributed by atoms with Crippen molar-refractivity contribution in [1.82, 2.24) is 4.98 Å². The summed E-state index contributed by atoms with van der Waals surface area (Å²) in [5.41, 5.74) is 17.7. The van der Waals surface area contributed by atoms with Gasteiger partial charge in [-0.05, 0) is 205 Å². The first-order chi connectivity index (χ1) is 65.1. The number of nitrogens with one attached hydrogen (secondary N) is 1. The van der Waals surface area contributed by atoms with Crippen molar-refractivity contribution in [2.75, 3.05) is 11.1 Å². The molecule has 0 aliphatic carbocycles. The second kappa shape index (κ2) is 43.3. The Kier molecular flexibility index (Phi) is 30.2. The van der Waals surface area contributed by atoms with Gasteiger partial charge in [0.2, 0.25) is 0 Å². The molecule has 0 atom stereocenters. The highest BCUT2D eigenvalue weighted by Gasteiger charge is 2.24. The van der Waals surface area contributed by atoms with Crippen molar-refractivity contribution in [2.45, 2.75) is 0 Å². The number of nitrogens with two attached hydrogens (primary N) is 1. The van der Waals surface area contributed by atoms with Crippen LogP contribution in [0.4, 0.5) is 22.7 Å². The number of rotatable bonds is 10. The Labute approximate surface area is 826 Å². The number of nitro benzene ring substituents is 2. The molecule has 0 saturated heterocycles. The number of hydrogen-bond donors (Lipinski definition) is 4. The van der Waals surface area contributed by atoms with Gasteiger partial charge in [-0.3, -0.25) is 29.8 Å². The standard InChI is InChI=1S/C27H18BrNO.C27H16BrN.C16H10BrNO2.C16H12BrN.C11H7ClO.C10H6Br2.C6H6BNO4/c28-25-13-6-11-21-22(10-5-12-23(21)25)24-9-3-4-14-26(24)29-27(30)20-16-15-18-7-1-2-8-19(18)17-20;28-24-10-5-9-21-20(24)14-15-23-26(21)22-8-3-4-11-25(22)29-27(23)19-13-12-17-6-1-2-7-18(17)16-19;17-15-9-4-7-11-12(6-3-8-13(11)15)14-5-1-2-10-16(14)18(19)20;17-15-9-4-7-11-12(6-3-8-13(11)15)14-5-1-2-10-16(14)18;12-11(13)10-6-5-8-3-1-2-4-9(8)7-10;11-9-5-1-3-7-8(9)4-2-6-10(7)12;9-7(10)5-3-1-2-4-6(5)8(11)12/h1-17H,(H,29,30);1-16H;1-10H;1-10H,18H2;1-7H;1-6H;1-4,9-10H. The molecule has 0 fully saturated rings. The molecule has 0 spiro atoms. The Balaban J connectivity index is 0.000000117. The second-order valence-corrected chi connectivity index (χ2v) is 36.3. The maximum Gasteiger partial charge on any atom is 0.495 e. The average Bonchev–Trinajstić information content (AvgIpc) is 0.734. The molecular formula is C113H75BBr6ClN5O8. The van der Waals surface area contributed by atoms with Gasteiger partial charge in [0.05, 0.1) is 32.1 Å². The molecule has 0 aliphatic rings. The third kappa shape index (κ3) is 21.3. The summed E-state index contributed by atoms with van der Waals surface area (Å²) in [6.45, 7) is 0. The highest BCUT2D eigenvalue weighted by atomic mass is 79.9. The minimum Gasteiger partial charge on any atom is -0.423 e. The Bertz CT molecular complexity index is 8220. The smallest absolute Gasteiger partial charge is 0.423 e. The second-order valence-electron chi connectivity index (χ2n) is 30.8. The van der Waals surface area contributed by atoms with Crippen LogP contribution in [-0.4, -0.2) is 43.1 Å². The zero-order valence-corrected chi connectivity index (χ0v) is 81.2. The van der Waals surface area contributed by atoms with Crippen LogP contribution in [-0.2, 0) is 0 Å². The van der Waals surface area contributed by atoms with Gasteiger partial charge in [0.1, 0.15) is 0 Å². The fourth-order valence-corrected chi connectivity index (χ4v) is 19.3. The van der Waals surface area contributed by atoms with Crippen LogP contribution in [0.25, 0.3) is 152 Å². The normalized spacial score (nSPS) is 10.8. The van der Waals surface area contributed by atoms with Crippen LogP contribution in [0.2, 0.25) is 0 Å². The van der Waals surface area contributed by atoms with Crippen molar-refractivity contribution in [2.24, 2.45) is 0 Å². The molecule has 0 bridgehead atoms. The van der Waals surface area contributed by atoms with Crippen LogP contribution in [0.3, 0.4) is 0 Å². The number of nitrogens with zero attached hydrogens (tertiary/aromatic N) is 3. The Hall–Kier alpha value is -13.7. The van der Waals surface area contributed by atoms with Gasteiger partial charge >= 0.3 is 7.12 Å². The number of nitro groups is 2. The summed E-state index contributed by atoms with van der Waals surface area (Å²) < 4.78 is 6.54. The van der Waals surface area contributed by atoms with Gasteiger partial charge in [-0.1, -0.05) is 417 Å². The number of para-hydroxylation sites is 5. The molecule has 21 aromatic carbocycles. The lowest BCUT2D eigenvalue weighted by Gasteiger charge is -2.14. The van der Waals surface area contributed by atoms with E-state index in [0.717, 1.165) is 120 Å². The first-order valence-corrected chi connectivity index (χ1v) is 47.3. The number of carbonyl (C=O) groups excluding carboxylic acids is 2. The third-order valence-corrected chi connectivity index (χ3v) is 27.0. The van der Waals surface area contributed by atoms with E-state index in [1.165, 1.54) is 95.1 Å². The number of aromatic nitrogens is 1. The predicted molar refractivity (Wildman–Crippen MR) is 578 cm³/mol. The molecule has 22 rings (SSSR count). The van der Waals surface area contributed by atoms with E-state index >= 15 is 0 Å². The van der Waals surface area contributed by atoms with E-state index in [-0.39, 0.29) is 27.7 Å². The molecule has 13 nitrogen and oxygen atoms in total. The van der Waals surface area contributed by atoms with E-state index in [9.17, 15) is 29.8 Å². The van der Waals surface area contributed by atoms with E-state index in [4.69, 9.17) is 32.4 Å². The van der Waals surface area contributed by atoms with Crippen molar-refractivity contribution in [3.05, 3.63) is 483 Å². The number of hydrogen-bond acceptors (Lipinski definition) is 10. The van der Waals surface area contributed by atoms with Crippen LogP contribution in [0, 0.1) is 20.2 Å². The molecule has 22 aromatic rings. The lowest BCUT2D eigenvalue weighted by molar-refractivity contribution is -0.384.